The normalized spacial score (nSPS) is 10.4. The molecule has 0 saturated heterocycles. The lowest BCUT2D eigenvalue weighted by Gasteiger charge is -2.08. The molecule has 0 aliphatic rings. The van der Waals surface area contributed by atoms with Gasteiger partial charge >= 0.3 is 0 Å². The highest BCUT2D eigenvalue weighted by molar-refractivity contribution is 7.13. The van der Waals surface area contributed by atoms with E-state index in [0.29, 0.717) is 24.6 Å². The summed E-state index contributed by atoms with van der Waals surface area (Å²) in [5.74, 6) is 1.24. The number of benzene rings is 2. The average molecular weight is 368 g/mol. The molecule has 0 aliphatic carbocycles. The van der Waals surface area contributed by atoms with Crippen LogP contribution in [0.5, 0.6) is 11.5 Å². The first kappa shape index (κ1) is 17.9. The summed E-state index contributed by atoms with van der Waals surface area (Å²) in [5.41, 5.74) is 2.63. The van der Waals surface area contributed by atoms with Gasteiger partial charge in [0.05, 0.1) is 13.7 Å². The number of hydrogen-bond donors (Lipinski definition) is 1. The van der Waals surface area contributed by atoms with Crippen LogP contribution in [0.4, 0.5) is 0 Å². The smallest absolute Gasteiger partial charge is 0.270 e. The number of methoxy groups -OCH3 is 1. The Hall–Kier alpha value is -2.86. The zero-order valence-corrected chi connectivity index (χ0v) is 15.5. The summed E-state index contributed by atoms with van der Waals surface area (Å²) in [7, 11) is 1.61. The van der Waals surface area contributed by atoms with E-state index in [1.807, 2.05) is 49.4 Å². The van der Waals surface area contributed by atoms with Gasteiger partial charge in [0.15, 0.2) is 0 Å². The van der Waals surface area contributed by atoms with E-state index in [0.717, 1.165) is 16.3 Å². The highest BCUT2D eigenvalue weighted by Gasteiger charge is 2.11. The molecule has 2 aromatic carbocycles. The number of aromatic nitrogens is 1. The van der Waals surface area contributed by atoms with Crippen LogP contribution in [-0.2, 0) is 0 Å². The number of aryl methyl sites for hydroxylation is 1. The molecule has 0 saturated carbocycles. The fourth-order valence-corrected chi connectivity index (χ4v) is 3.13. The van der Waals surface area contributed by atoms with Crippen LogP contribution in [-0.4, -0.2) is 31.2 Å². The predicted octanol–water partition coefficient (Wildman–Crippen LogP) is 3.94. The van der Waals surface area contributed by atoms with Crippen LogP contribution >= 0.6 is 11.3 Å². The quantitative estimate of drug-likeness (QED) is 0.642. The Balaban J connectivity index is 1.50. The van der Waals surface area contributed by atoms with Crippen LogP contribution in [0.1, 0.15) is 16.1 Å². The first-order valence-corrected chi connectivity index (χ1v) is 9.11. The van der Waals surface area contributed by atoms with Gasteiger partial charge in [0.1, 0.15) is 28.8 Å². The topological polar surface area (TPSA) is 60.5 Å². The van der Waals surface area contributed by atoms with Gasteiger partial charge in [-0.05, 0) is 19.1 Å². The van der Waals surface area contributed by atoms with E-state index in [4.69, 9.17) is 9.47 Å². The fraction of sp³-hybridized carbons (Fsp3) is 0.200. The van der Waals surface area contributed by atoms with Crippen molar-refractivity contribution in [2.75, 3.05) is 20.3 Å². The molecule has 6 heteroatoms. The average Bonchev–Trinajstić information content (AvgIpc) is 3.16. The molecule has 0 radical (unpaired) electrons. The minimum atomic E-state index is -0.200. The van der Waals surface area contributed by atoms with Crippen molar-refractivity contribution < 1.29 is 14.3 Å². The van der Waals surface area contributed by atoms with Crippen LogP contribution in [0.15, 0.2) is 53.9 Å². The third-order valence-electron chi connectivity index (χ3n) is 3.73. The molecule has 1 amide bonds. The van der Waals surface area contributed by atoms with Gasteiger partial charge in [-0.1, -0.05) is 35.9 Å². The molecule has 0 bridgehead atoms. The van der Waals surface area contributed by atoms with E-state index in [2.05, 4.69) is 10.3 Å². The van der Waals surface area contributed by atoms with Crippen molar-refractivity contribution in [1.29, 1.82) is 0 Å². The molecule has 0 aliphatic heterocycles. The lowest BCUT2D eigenvalue weighted by atomic mass is 10.2. The number of thiazole rings is 1. The molecule has 3 rings (SSSR count). The van der Waals surface area contributed by atoms with Crippen LogP contribution in [0.2, 0.25) is 0 Å². The van der Waals surface area contributed by atoms with E-state index >= 15 is 0 Å². The molecule has 5 nitrogen and oxygen atoms in total. The summed E-state index contributed by atoms with van der Waals surface area (Å²) >= 11 is 1.46. The second kappa shape index (κ2) is 8.49. The van der Waals surface area contributed by atoms with Gasteiger partial charge in [-0.25, -0.2) is 4.98 Å². The van der Waals surface area contributed by atoms with Gasteiger partial charge in [-0.2, -0.15) is 0 Å². The van der Waals surface area contributed by atoms with E-state index in [1.54, 1.807) is 18.6 Å². The number of carbonyl (C=O) groups excluding carboxylic acids is 1. The van der Waals surface area contributed by atoms with Gasteiger partial charge in [0.25, 0.3) is 5.91 Å². The molecule has 3 aromatic rings. The minimum Gasteiger partial charge on any atom is -0.497 e. The van der Waals surface area contributed by atoms with Gasteiger partial charge in [0.2, 0.25) is 0 Å². The van der Waals surface area contributed by atoms with Crippen LogP contribution in [0, 0.1) is 6.92 Å². The zero-order valence-electron chi connectivity index (χ0n) is 14.7. The highest BCUT2D eigenvalue weighted by atomic mass is 32.1. The maximum Gasteiger partial charge on any atom is 0.270 e. The summed E-state index contributed by atoms with van der Waals surface area (Å²) in [4.78, 5) is 16.6. The van der Waals surface area contributed by atoms with Crippen molar-refractivity contribution in [2.24, 2.45) is 0 Å². The van der Waals surface area contributed by atoms with E-state index in [-0.39, 0.29) is 5.91 Å². The second-order valence-corrected chi connectivity index (χ2v) is 6.55. The number of nitrogens with one attached hydrogen (secondary N) is 1. The Morgan fingerprint density at radius 1 is 1.15 bits per heavy atom. The molecule has 0 fully saturated rings. The molecule has 1 N–H and O–H groups in total. The SMILES string of the molecule is COc1cccc(OCCNC(=O)c2csc(-c3ccc(C)cc3)n2)c1. The zero-order chi connectivity index (χ0) is 18.4. The van der Waals surface area contributed by atoms with Gasteiger partial charge in [0, 0.05) is 17.0 Å². The maximum absolute atomic E-state index is 12.2. The molecule has 134 valence electrons. The molecular weight excluding hydrogens is 348 g/mol. The van der Waals surface area contributed by atoms with Crippen molar-refractivity contribution in [3.8, 4) is 22.1 Å². The number of carbonyl (C=O) groups is 1. The van der Waals surface area contributed by atoms with Crippen molar-refractivity contribution in [1.82, 2.24) is 10.3 Å². The van der Waals surface area contributed by atoms with Crippen molar-refractivity contribution in [3.05, 3.63) is 65.2 Å². The molecular formula is C20H20N2O3S. The molecule has 1 heterocycles. The number of hydrogen-bond acceptors (Lipinski definition) is 5. The monoisotopic (exact) mass is 368 g/mol. The Morgan fingerprint density at radius 2 is 1.92 bits per heavy atom. The second-order valence-electron chi connectivity index (χ2n) is 5.69. The third-order valence-corrected chi connectivity index (χ3v) is 4.62. The van der Waals surface area contributed by atoms with E-state index in [1.165, 1.54) is 16.9 Å². The third kappa shape index (κ3) is 4.61. The number of nitrogens with zero attached hydrogens (tertiary/aromatic N) is 1. The first-order valence-electron chi connectivity index (χ1n) is 8.23. The number of ether oxygens (including phenoxy) is 2. The van der Waals surface area contributed by atoms with Gasteiger partial charge in [-0.3, -0.25) is 4.79 Å². The summed E-state index contributed by atoms with van der Waals surface area (Å²) in [5, 5.41) is 5.43. The molecule has 0 unspecified atom stereocenters. The number of rotatable bonds is 7. The maximum atomic E-state index is 12.2. The Labute approximate surface area is 156 Å². The van der Waals surface area contributed by atoms with Crippen molar-refractivity contribution in [3.63, 3.8) is 0 Å². The van der Waals surface area contributed by atoms with E-state index in [9.17, 15) is 4.79 Å². The minimum absolute atomic E-state index is 0.200. The summed E-state index contributed by atoms with van der Waals surface area (Å²) in [6, 6.07) is 15.4. The van der Waals surface area contributed by atoms with Crippen molar-refractivity contribution >= 4 is 17.2 Å². The number of amides is 1. The van der Waals surface area contributed by atoms with Crippen LogP contribution in [0.3, 0.4) is 0 Å². The van der Waals surface area contributed by atoms with E-state index < -0.39 is 0 Å². The molecule has 0 atom stereocenters. The Kier molecular flexibility index (Phi) is 5.86. The lowest BCUT2D eigenvalue weighted by Crippen LogP contribution is -2.28. The first-order chi connectivity index (χ1) is 12.7. The van der Waals surface area contributed by atoms with Gasteiger partial charge < -0.3 is 14.8 Å². The standard InChI is InChI=1S/C20H20N2O3S/c1-14-6-8-15(9-7-14)20-22-18(13-26-20)19(23)21-10-11-25-17-5-3-4-16(12-17)24-2/h3-9,12-13H,10-11H2,1-2H3,(H,21,23). The summed E-state index contributed by atoms with van der Waals surface area (Å²) in [6.07, 6.45) is 0. The lowest BCUT2D eigenvalue weighted by molar-refractivity contribution is 0.0942. The molecule has 26 heavy (non-hydrogen) atoms. The van der Waals surface area contributed by atoms with Crippen LogP contribution < -0.4 is 14.8 Å². The van der Waals surface area contributed by atoms with Crippen molar-refractivity contribution in [2.45, 2.75) is 6.92 Å². The molecule has 1 aromatic heterocycles. The van der Waals surface area contributed by atoms with Gasteiger partial charge in [-0.15, -0.1) is 11.3 Å². The van der Waals surface area contributed by atoms with Crippen LogP contribution in [0.25, 0.3) is 10.6 Å². The highest BCUT2D eigenvalue weighted by Crippen LogP contribution is 2.24. The predicted molar refractivity (Wildman–Crippen MR) is 103 cm³/mol. The summed E-state index contributed by atoms with van der Waals surface area (Å²) < 4.78 is 10.8. The molecule has 0 spiro atoms. The Morgan fingerprint density at radius 3 is 2.69 bits per heavy atom. The largest absolute Gasteiger partial charge is 0.497 e. The fourth-order valence-electron chi connectivity index (χ4n) is 2.32. The Bertz CT molecular complexity index is 875. The summed E-state index contributed by atoms with van der Waals surface area (Å²) in [6.45, 7) is 2.80.